The van der Waals surface area contributed by atoms with Gasteiger partial charge < -0.3 is 35.2 Å². The molecule has 2 aromatic carbocycles. The van der Waals surface area contributed by atoms with Crippen molar-refractivity contribution in [2.75, 3.05) is 11.9 Å². The monoisotopic (exact) mass is 463 g/mol. The zero-order valence-electron chi connectivity index (χ0n) is 17.7. The van der Waals surface area contributed by atoms with Crippen LogP contribution in [-0.4, -0.2) is 63.0 Å². The van der Waals surface area contributed by atoms with Crippen LogP contribution in [0.3, 0.4) is 0 Å². The summed E-state index contributed by atoms with van der Waals surface area (Å²) in [5, 5.41) is 43.3. The number of hydrogen-bond acceptors (Lipinski definition) is 7. The summed E-state index contributed by atoms with van der Waals surface area (Å²) in [4.78, 5) is 12.2. The van der Waals surface area contributed by atoms with Gasteiger partial charge in [-0.25, -0.2) is 0 Å². The van der Waals surface area contributed by atoms with E-state index in [1.54, 1.807) is 38.1 Å². The molecule has 0 spiro atoms. The largest absolute Gasteiger partial charge is 0.476 e. The number of halogens is 1. The van der Waals surface area contributed by atoms with Crippen molar-refractivity contribution in [3.63, 3.8) is 0 Å². The van der Waals surface area contributed by atoms with E-state index in [1.807, 2.05) is 12.1 Å². The lowest BCUT2D eigenvalue weighted by Gasteiger charge is -2.40. The van der Waals surface area contributed by atoms with Gasteiger partial charge in [0.05, 0.1) is 12.3 Å². The molecule has 9 heteroatoms. The number of amides is 1. The second-order valence-corrected chi connectivity index (χ2v) is 9.08. The van der Waals surface area contributed by atoms with Gasteiger partial charge in [0, 0.05) is 5.02 Å². The molecule has 1 saturated heterocycles. The first-order valence-corrected chi connectivity index (χ1v) is 10.7. The van der Waals surface area contributed by atoms with Crippen LogP contribution < -0.4 is 10.1 Å². The van der Waals surface area contributed by atoms with E-state index >= 15 is 0 Å². The van der Waals surface area contributed by atoms with Gasteiger partial charge in [-0.1, -0.05) is 29.8 Å². The summed E-state index contributed by atoms with van der Waals surface area (Å²) in [6.45, 7) is 2.90. The van der Waals surface area contributed by atoms with Crippen LogP contribution in [0.25, 0.3) is 0 Å². The number of ether oxygens (including phenoxy) is 2. The highest BCUT2D eigenvalue weighted by molar-refractivity contribution is 6.31. The smallest absolute Gasteiger partial charge is 0.268 e. The van der Waals surface area contributed by atoms with Gasteiger partial charge in [-0.05, 0) is 55.2 Å². The second-order valence-electron chi connectivity index (χ2n) is 8.67. The van der Waals surface area contributed by atoms with Crippen LogP contribution in [0.15, 0.2) is 36.4 Å². The third kappa shape index (κ3) is 4.22. The number of fused-ring (bicyclic) bond motifs is 1. The first-order valence-electron chi connectivity index (χ1n) is 10.3. The van der Waals surface area contributed by atoms with E-state index in [1.165, 1.54) is 0 Å². The molecule has 8 nitrogen and oxygen atoms in total. The lowest BCUT2D eigenvalue weighted by atomic mass is 9.90. The number of hydrogen-bond donors (Lipinski definition) is 5. The fraction of sp³-hybridized carbons (Fsp3) is 0.435. The highest BCUT2D eigenvalue weighted by Gasteiger charge is 2.44. The molecule has 0 bridgehead atoms. The first-order chi connectivity index (χ1) is 15.1. The Balaban J connectivity index is 1.59. The number of aliphatic hydroxyl groups excluding tert-OH is 4. The molecule has 0 aliphatic carbocycles. The van der Waals surface area contributed by atoms with E-state index in [2.05, 4.69) is 5.32 Å². The minimum Gasteiger partial charge on any atom is -0.476 e. The number of carbonyl (C=O) groups is 1. The zero-order valence-corrected chi connectivity index (χ0v) is 18.4. The number of rotatable bonds is 4. The van der Waals surface area contributed by atoms with Crippen LogP contribution >= 0.6 is 11.6 Å². The number of benzene rings is 2. The maximum Gasteiger partial charge on any atom is 0.268 e. The molecule has 5 N–H and O–H groups in total. The van der Waals surface area contributed by atoms with E-state index in [0.717, 1.165) is 11.1 Å². The molecule has 172 valence electrons. The average Bonchev–Trinajstić information content (AvgIpc) is 2.75. The van der Waals surface area contributed by atoms with Gasteiger partial charge in [0.1, 0.15) is 36.3 Å². The summed E-state index contributed by atoms with van der Waals surface area (Å²) in [5.41, 5.74) is 1.80. The Morgan fingerprint density at radius 3 is 2.53 bits per heavy atom. The molecule has 4 rings (SSSR count). The summed E-state index contributed by atoms with van der Waals surface area (Å²) in [6, 6.07) is 10.6. The molecular formula is C23H26ClNO7. The molecular weight excluding hydrogens is 438 g/mol. The Hall–Kier alpha value is -2.20. The van der Waals surface area contributed by atoms with Crippen LogP contribution in [0.1, 0.15) is 36.6 Å². The van der Waals surface area contributed by atoms with Gasteiger partial charge in [-0.2, -0.15) is 0 Å². The third-order valence-corrected chi connectivity index (χ3v) is 6.26. The van der Waals surface area contributed by atoms with Gasteiger partial charge in [0.2, 0.25) is 0 Å². The number of carbonyl (C=O) groups excluding carboxylic acids is 1. The van der Waals surface area contributed by atoms with Crippen LogP contribution in [0.2, 0.25) is 5.02 Å². The fourth-order valence-electron chi connectivity index (χ4n) is 3.97. The Kier molecular flexibility index (Phi) is 6.19. The van der Waals surface area contributed by atoms with Crippen LogP contribution in [0, 0.1) is 0 Å². The van der Waals surface area contributed by atoms with Gasteiger partial charge in [-0.15, -0.1) is 0 Å². The number of nitrogens with one attached hydrogen (secondary N) is 1. The topological polar surface area (TPSA) is 128 Å². The van der Waals surface area contributed by atoms with E-state index in [0.29, 0.717) is 28.4 Å². The Morgan fingerprint density at radius 2 is 1.81 bits per heavy atom. The lowest BCUT2D eigenvalue weighted by Crippen LogP contribution is -2.55. The maximum atomic E-state index is 12.2. The summed E-state index contributed by atoms with van der Waals surface area (Å²) < 4.78 is 11.4. The SMILES string of the molecule is CC1(C)Oc2ccc(Cc3cc([C@@H]4O[C@H](CO)[C@@H](O)[C@H](O)[C@H]4O)ccc3Cl)cc2NC1=O. The van der Waals surface area contributed by atoms with Crippen LogP contribution in [-0.2, 0) is 16.0 Å². The van der Waals surface area contributed by atoms with Crippen molar-refractivity contribution in [2.24, 2.45) is 0 Å². The van der Waals surface area contributed by atoms with E-state index < -0.39 is 42.7 Å². The fourth-order valence-corrected chi connectivity index (χ4v) is 4.16. The quantitative estimate of drug-likeness (QED) is 0.465. The molecule has 1 amide bonds. The molecule has 0 radical (unpaired) electrons. The van der Waals surface area contributed by atoms with Crippen molar-refractivity contribution < 1.29 is 34.7 Å². The van der Waals surface area contributed by atoms with Gasteiger partial charge in [0.15, 0.2) is 5.60 Å². The summed E-state index contributed by atoms with van der Waals surface area (Å²) in [5.74, 6) is 0.351. The molecule has 2 heterocycles. The zero-order chi connectivity index (χ0) is 23.2. The molecule has 0 saturated carbocycles. The van der Waals surface area contributed by atoms with Crippen molar-refractivity contribution >= 4 is 23.2 Å². The number of aliphatic hydroxyl groups is 4. The molecule has 2 aromatic rings. The normalized spacial score (nSPS) is 29.1. The Bertz CT molecular complexity index is 1030. The number of anilines is 1. The molecule has 32 heavy (non-hydrogen) atoms. The minimum absolute atomic E-state index is 0.232. The molecule has 5 atom stereocenters. The van der Waals surface area contributed by atoms with Crippen molar-refractivity contribution in [2.45, 2.75) is 56.4 Å². The first kappa shape index (κ1) is 23.0. The standard InChI is InChI=1S/C23H26ClNO7/c1-23(2)22(30)25-15-8-11(3-6-16(15)32-23)7-13-9-12(4-5-14(13)24)21-20(29)19(28)18(27)17(10-26)31-21/h3-6,8-9,17-21,26-29H,7,10H2,1-2H3,(H,25,30)/t17-,18-,19+,20-,21+/m1/s1. The van der Waals surface area contributed by atoms with Crippen LogP contribution in [0.4, 0.5) is 5.69 Å². The van der Waals surface area contributed by atoms with E-state index in [4.69, 9.17) is 21.1 Å². The maximum absolute atomic E-state index is 12.2. The lowest BCUT2D eigenvalue weighted by molar-refractivity contribution is -0.231. The van der Waals surface area contributed by atoms with Gasteiger partial charge >= 0.3 is 0 Å². The highest BCUT2D eigenvalue weighted by Crippen LogP contribution is 2.37. The van der Waals surface area contributed by atoms with Crippen LogP contribution in [0.5, 0.6) is 5.75 Å². The summed E-state index contributed by atoms with van der Waals surface area (Å²) in [7, 11) is 0. The molecule has 2 aliphatic heterocycles. The predicted molar refractivity (Wildman–Crippen MR) is 117 cm³/mol. The average molecular weight is 464 g/mol. The molecule has 1 fully saturated rings. The molecule has 2 aliphatic rings. The van der Waals surface area contributed by atoms with Crippen molar-refractivity contribution in [3.05, 3.63) is 58.1 Å². The van der Waals surface area contributed by atoms with Gasteiger partial charge in [0.25, 0.3) is 5.91 Å². The highest BCUT2D eigenvalue weighted by atomic mass is 35.5. The Labute approximate surface area is 190 Å². The summed E-state index contributed by atoms with van der Waals surface area (Å²) >= 11 is 6.41. The van der Waals surface area contributed by atoms with E-state index in [9.17, 15) is 25.2 Å². The Morgan fingerprint density at radius 1 is 1.06 bits per heavy atom. The second kappa shape index (κ2) is 8.62. The van der Waals surface area contributed by atoms with Crippen molar-refractivity contribution in [1.29, 1.82) is 0 Å². The van der Waals surface area contributed by atoms with E-state index in [-0.39, 0.29) is 5.91 Å². The van der Waals surface area contributed by atoms with Gasteiger partial charge in [-0.3, -0.25) is 4.79 Å². The van der Waals surface area contributed by atoms with Crippen molar-refractivity contribution in [1.82, 2.24) is 0 Å². The predicted octanol–water partition coefficient (Wildman–Crippen LogP) is 1.56. The molecule has 0 aromatic heterocycles. The minimum atomic E-state index is -1.46. The third-order valence-electron chi connectivity index (χ3n) is 5.89. The molecule has 0 unspecified atom stereocenters. The van der Waals surface area contributed by atoms with Crippen molar-refractivity contribution in [3.8, 4) is 5.75 Å². The summed E-state index contributed by atoms with van der Waals surface area (Å²) in [6.07, 6.45) is -5.77.